The van der Waals surface area contributed by atoms with Crippen molar-refractivity contribution >= 4 is 23.3 Å². The lowest BCUT2D eigenvalue weighted by Gasteiger charge is -2.14. The first kappa shape index (κ1) is 18.3. The Labute approximate surface area is 141 Å². The normalized spacial score (nSPS) is 12.3. The molecule has 128 valence electrons. The number of aliphatic imine (C=N–C) groups is 1. The van der Waals surface area contributed by atoms with Crippen LogP contribution in [0.15, 0.2) is 46.5 Å². The van der Waals surface area contributed by atoms with Gasteiger partial charge in [0.1, 0.15) is 11.7 Å². The summed E-state index contributed by atoms with van der Waals surface area (Å²) in [6.07, 6.45) is -1.14. The predicted molar refractivity (Wildman–Crippen MR) is 88.2 cm³/mol. The summed E-state index contributed by atoms with van der Waals surface area (Å²) in [7, 11) is 1.53. The highest BCUT2D eigenvalue weighted by Crippen LogP contribution is 2.32. The van der Waals surface area contributed by atoms with Gasteiger partial charge in [0.15, 0.2) is 0 Å². The summed E-state index contributed by atoms with van der Waals surface area (Å²) in [6.45, 7) is 1.57. The smallest absolute Gasteiger partial charge is 0.338 e. The number of rotatable bonds is 4. The Bertz CT molecular complexity index is 730. The molecule has 1 heterocycles. The van der Waals surface area contributed by atoms with Crippen molar-refractivity contribution in [3.63, 3.8) is 0 Å². The average molecular weight is 357 g/mol. The number of hydrogen-bond donors (Lipinski definition) is 1. The predicted octanol–water partition coefficient (Wildman–Crippen LogP) is 4.67. The number of nitrogens with one attached hydrogen (secondary N) is 1. The van der Waals surface area contributed by atoms with E-state index in [0.717, 1.165) is 0 Å². The Hall–Kier alpha value is -2.09. The van der Waals surface area contributed by atoms with Crippen LogP contribution in [0.5, 0.6) is 0 Å². The average Bonchev–Trinajstić information content (AvgIpc) is 2.53. The number of nitrogens with zero attached hydrogens (tertiary/aromatic N) is 2. The minimum absolute atomic E-state index is 0.0646. The number of thioether (sulfide) groups is 1. The molecule has 1 aromatic heterocycles. The van der Waals surface area contributed by atoms with Gasteiger partial charge in [-0.05, 0) is 36.8 Å². The molecule has 0 aliphatic rings. The van der Waals surface area contributed by atoms with E-state index in [2.05, 4.69) is 15.3 Å². The molecule has 2 aromatic rings. The summed E-state index contributed by atoms with van der Waals surface area (Å²) in [5.41, 5.74) is 1.16. The Morgan fingerprint density at radius 3 is 2.67 bits per heavy atom. The highest BCUT2D eigenvalue weighted by atomic mass is 32.2. The summed E-state index contributed by atoms with van der Waals surface area (Å²) in [5, 5.41) is 2.82. The number of amidine groups is 1. The quantitative estimate of drug-likeness (QED) is 0.374. The van der Waals surface area contributed by atoms with E-state index < -0.39 is 17.7 Å². The van der Waals surface area contributed by atoms with E-state index in [-0.39, 0.29) is 5.69 Å². The van der Waals surface area contributed by atoms with Gasteiger partial charge in [-0.15, -0.1) is 11.8 Å². The first-order valence-electron chi connectivity index (χ1n) is 6.94. The van der Waals surface area contributed by atoms with Crippen molar-refractivity contribution in [1.29, 1.82) is 0 Å². The summed E-state index contributed by atoms with van der Waals surface area (Å²) < 4.78 is 51.4. The first-order valence-corrected chi connectivity index (χ1v) is 7.92. The number of halogens is 4. The van der Waals surface area contributed by atoms with Gasteiger partial charge in [0.05, 0.1) is 11.4 Å². The lowest BCUT2D eigenvalue weighted by molar-refractivity contribution is -0.105. The Morgan fingerprint density at radius 1 is 1.33 bits per heavy atom. The second-order valence-electron chi connectivity index (χ2n) is 4.94. The lowest BCUT2D eigenvalue weighted by atomic mass is 10.2. The fourth-order valence-corrected chi connectivity index (χ4v) is 2.76. The number of hydrogen-bond acceptors (Lipinski definition) is 3. The molecule has 0 saturated carbocycles. The van der Waals surface area contributed by atoms with Crippen LogP contribution in [-0.2, 0) is 0 Å². The second-order valence-corrected chi connectivity index (χ2v) is 5.96. The topological polar surface area (TPSA) is 37.3 Å². The molecule has 2 rings (SSSR count). The fourth-order valence-electron chi connectivity index (χ4n) is 1.95. The van der Waals surface area contributed by atoms with Crippen molar-refractivity contribution in [2.45, 2.75) is 18.0 Å². The molecule has 0 bridgehead atoms. The van der Waals surface area contributed by atoms with Crippen LogP contribution in [0.25, 0.3) is 0 Å². The zero-order chi connectivity index (χ0) is 17.7. The maximum atomic E-state index is 14.2. The van der Waals surface area contributed by atoms with E-state index >= 15 is 0 Å². The number of anilines is 1. The summed E-state index contributed by atoms with van der Waals surface area (Å²) in [5.74, 6) is -1.22. The molecule has 0 aliphatic carbocycles. The van der Waals surface area contributed by atoms with Gasteiger partial charge >= 0.3 is 6.18 Å². The Balaban J connectivity index is 2.26. The molecule has 0 aliphatic heterocycles. The molecule has 1 aromatic carbocycles. The monoisotopic (exact) mass is 357 g/mol. The van der Waals surface area contributed by atoms with Crippen LogP contribution in [-0.4, -0.2) is 29.8 Å². The highest BCUT2D eigenvalue weighted by Gasteiger charge is 2.27. The molecule has 0 fully saturated rings. The van der Waals surface area contributed by atoms with Gasteiger partial charge in [0, 0.05) is 29.9 Å². The van der Waals surface area contributed by atoms with Crippen LogP contribution >= 0.6 is 11.8 Å². The standard InChI is InChI=1S/C16H15F4N3S/c1-10-6-12(17)13(7-14(10)24-9-16(18,19)20)23-15(21-2)11-4-3-5-22-8-11/h3-8H,9H2,1-2H3,(H,21,23). The van der Waals surface area contributed by atoms with Gasteiger partial charge in [0.2, 0.25) is 0 Å². The van der Waals surface area contributed by atoms with Crippen molar-refractivity contribution in [2.24, 2.45) is 4.99 Å². The van der Waals surface area contributed by atoms with Gasteiger partial charge in [-0.25, -0.2) is 4.39 Å². The van der Waals surface area contributed by atoms with Gasteiger partial charge in [0.25, 0.3) is 0 Å². The van der Waals surface area contributed by atoms with Gasteiger partial charge in [-0.1, -0.05) is 0 Å². The molecule has 0 atom stereocenters. The van der Waals surface area contributed by atoms with E-state index in [1.165, 1.54) is 19.2 Å². The minimum atomic E-state index is -4.29. The van der Waals surface area contributed by atoms with Crippen LogP contribution in [0, 0.1) is 12.7 Å². The molecular weight excluding hydrogens is 342 g/mol. The maximum Gasteiger partial charge on any atom is 0.398 e. The summed E-state index contributed by atoms with van der Waals surface area (Å²) >= 11 is 0.623. The highest BCUT2D eigenvalue weighted by molar-refractivity contribution is 7.99. The second kappa shape index (κ2) is 7.65. The molecule has 8 heteroatoms. The largest absolute Gasteiger partial charge is 0.398 e. The Morgan fingerprint density at radius 2 is 2.08 bits per heavy atom. The van der Waals surface area contributed by atoms with Crippen molar-refractivity contribution in [3.8, 4) is 0 Å². The molecule has 0 unspecified atom stereocenters. The third-order valence-corrected chi connectivity index (χ3v) is 4.29. The minimum Gasteiger partial charge on any atom is -0.338 e. The van der Waals surface area contributed by atoms with Crippen molar-refractivity contribution in [1.82, 2.24) is 4.98 Å². The molecule has 0 amide bonds. The molecule has 3 nitrogen and oxygen atoms in total. The van der Waals surface area contributed by atoms with E-state index in [4.69, 9.17) is 0 Å². The number of alkyl halides is 3. The SMILES string of the molecule is CN=C(Nc1cc(SCC(F)(F)F)c(C)cc1F)c1cccnc1. The van der Waals surface area contributed by atoms with E-state index in [9.17, 15) is 17.6 Å². The molecular formula is C16H15F4N3S. The lowest BCUT2D eigenvalue weighted by Crippen LogP contribution is -2.15. The molecule has 0 radical (unpaired) electrons. The fraction of sp³-hybridized carbons (Fsp3) is 0.250. The third kappa shape index (κ3) is 4.95. The zero-order valence-electron chi connectivity index (χ0n) is 13.0. The Kier molecular flexibility index (Phi) is 5.82. The van der Waals surface area contributed by atoms with Crippen molar-refractivity contribution in [2.75, 3.05) is 18.1 Å². The first-order chi connectivity index (χ1) is 11.3. The number of aryl methyl sites for hydroxylation is 1. The molecule has 0 spiro atoms. The maximum absolute atomic E-state index is 14.2. The van der Waals surface area contributed by atoms with Gasteiger partial charge in [-0.3, -0.25) is 9.98 Å². The number of aromatic nitrogens is 1. The van der Waals surface area contributed by atoms with E-state index in [1.807, 2.05) is 0 Å². The summed E-state index contributed by atoms with van der Waals surface area (Å²) in [4.78, 5) is 8.37. The molecule has 1 N–H and O–H groups in total. The third-order valence-electron chi connectivity index (χ3n) is 3.07. The van der Waals surface area contributed by atoms with Crippen LogP contribution in [0.4, 0.5) is 23.2 Å². The van der Waals surface area contributed by atoms with E-state index in [0.29, 0.717) is 33.6 Å². The van der Waals surface area contributed by atoms with E-state index in [1.54, 1.807) is 31.5 Å². The molecule has 0 saturated heterocycles. The van der Waals surface area contributed by atoms with Crippen LogP contribution < -0.4 is 5.32 Å². The van der Waals surface area contributed by atoms with Crippen LogP contribution in [0.3, 0.4) is 0 Å². The van der Waals surface area contributed by atoms with Crippen molar-refractivity contribution in [3.05, 3.63) is 53.6 Å². The number of pyridine rings is 1. The van der Waals surface area contributed by atoms with Crippen molar-refractivity contribution < 1.29 is 17.6 Å². The molecule has 24 heavy (non-hydrogen) atoms. The van der Waals surface area contributed by atoms with Crippen LogP contribution in [0.1, 0.15) is 11.1 Å². The number of benzene rings is 1. The van der Waals surface area contributed by atoms with Crippen LogP contribution in [0.2, 0.25) is 0 Å². The zero-order valence-corrected chi connectivity index (χ0v) is 13.8. The van der Waals surface area contributed by atoms with Gasteiger partial charge < -0.3 is 5.32 Å². The summed E-state index contributed by atoms with van der Waals surface area (Å²) in [6, 6.07) is 6.02. The van der Waals surface area contributed by atoms with Gasteiger partial charge in [-0.2, -0.15) is 13.2 Å².